The summed E-state index contributed by atoms with van der Waals surface area (Å²) < 4.78 is 26.3. The molecular weight excluding hydrogens is 358 g/mol. The molecule has 2 aromatic carbocycles. The monoisotopic (exact) mass is 375 g/mol. The molecule has 0 spiro atoms. The van der Waals surface area contributed by atoms with Crippen LogP contribution in [0, 0.1) is 0 Å². The SMILES string of the molecule is CCS(=O)(=O)c1ccc(Nc2ccc(Cl)cc2)c(-c2cn(C)cn2)c1. The Morgan fingerprint density at radius 2 is 1.88 bits per heavy atom. The van der Waals surface area contributed by atoms with Gasteiger partial charge in [0.25, 0.3) is 0 Å². The van der Waals surface area contributed by atoms with Gasteiger partial charge in [-0.3, -0.25) is 0 Å². The standard InChI is InChI=1S/C18H18ClN3O2S/c1-3-25(23,24)15-8-9-17(21-14-6-4-13(19)5-7-14)16(10-15)18-11-22(2)12-20-18/h4-12,21H,3H2,1-2H3. The van der Waals surface area contributed by atoms with Gasteiger partial charge in [0.05, 0.1) is 22.7 Å². The molecule has 0 aliphatic heterocycles. The second-order valence-electron chi connectivity index (χ2n) is 5.67. The zero-order valence-corrected chi connectivity index (χ0v) is 15.5. The predicted molar refractivity (Wildman–Crippen MR) is 101 cm³/mol. The number of nitrogens with zero attached hydrogens (tertiary/aromatic N) is 2. The van der Waals surface area contributed by atoms with Crippen molar-refractivity contribution in [3.8, 4) is 11.3 Å². The molecule has 0 aliphatic rings. The summed E-state index contributed by atoms with van der Waals surface area (Å²) in [7, 11) is -1.43. The summed E-state index contributed by atoms with van der Waals surface area (Å²) in [5.74, 6) is 0.0542. The number of hydrogen-bond donors (Lipinski definition) is 1. The lowest BCUT2D eigenvalue weighted by molar-refractivity contribution is 0.597. The molecule has 0 fully saturated rings. The number of aryl methyl sites for hydroxylation is 1. The van der Waals surface area contributed by atoms with Crippen molar-refractivity contribution in [2.24, 2.45) is 7.05 Å². The van der Waals surface area contributed by atoms with Crippen LogP contribution >= 0.6 is 11.6 Å². The highest BCUT2D eigenvalue weighted by Gasteiger charge is 2.16. The van der Waals surface area contributed by atoms with Gasteiger partial charge in [-0.25, -0.2) is 13.4 Å². The van der Waals surface area contributed by atoms with Gasteiger partial charge >= 0.3 is 0 Å². The maximum atomic E-state index is 12.2. The molecule has 130 valence electrons. The topological polar surface area (TPSA) is 64.0 Å². The summed E-state index contributed by atoms with van der Waals surface area (Å²) in [4.78, 5) is 4.65. The Kier molecular flexibility index (Phi) is 4.83. The summed E-state index contributed by atoms with van der Waals surface area (Å²) in [5, 5.41) is 3.95. The molecule has 1 N–H and O–H groups in total. The van der Waals surface area contributed by atoms with E-state index in [4.69, 9.17) is 11.6 Å². The molecular formula is C18H18ClN3O2S. The number of nitrogens with one attached hydrogen (secondary N) is 1. The lowest BCUT2D eigenvalue weighted by Gasteiger charge is -2.13. The van der Waals surface area contributed by atoms with E-state index in [1.165, 1.54) is 0 Å². The minimum atomic E-state index is -3.30. The van der Waals surface area contributed by atoms with Crippen molar-refractivity contribution in [2.45, 2.75) is 11.8 Å². The number of aromatic nitrogens is 2. The third kappa shape index (κ3) is 3.86. The zero-order valence-electron chi connectivity index (χ0n) is 13.9. The number of imidazole rings is 1. The van der Waals surface area contributed by atoms with Crippen LogP contribution in [0.1, 0.15) is 6.92 Å². The van der Waals surface area contributed by atoms with E-state index in [0.717, 1.165) is 16.9 Å². The Hall–Kier alpha value is -2.31. The molecule has 25 heavy (non-hydrogen) atoms. The minimum absolute atomic E-state index is 0.0542. The van der Waals surface area contributed by atoms with Gasteiger partial charge in [-0.05, 0) is 42.5 Å². The smallest absolute Gasteiger partial charge is 0.178 e. The fourth-order valence-corrected chi connectivity index (χ4v) is 3.48. The highest BCUT2D eigenvalue weighted by molar-refractivity contribution is 7.91. The van der Waals surface area contributed by atoms with Gasteiger partial charge in [0.2, 0.25) is 0 Å². The molecule has 5 nitrogen and oxygen atoms in total. The lowest BCUT2D eigenvalue weighted by atomic mass is 10.1. The summed E-state index contributed by atoms with van der Waals surface area (Å²) in [6.07, 6.45) is 3.53. The third-order valence-corrected chi connectivity index (χ3v) is 5.82. The van der Waals surface area contributed by atoms with Gasteiger partial charge in [-0.2, -0.15) is 0 Å². The summed E-state index contributed by atoms with van der Waals surface area (Å²) in [6, 6.07) is 12.4. The van der Waals surface area contributed by atoms with Crippen LogP contribution in [-0.2, 0) is 16.9 Å². The van der Waals surface area contributed by atoms with E-state index in [1.54, 1.807) is 43.6 Å². The molecule has 0 bridgehead atoms. The second kappa shape index (κ2) is 6.90. The van der Waals surface area contributed by atoms with Gasteiger partial charge in [0, 0.05) is 35.2 Å². The first-order chi connectivity index (χ1) is 11.9. The van der Waals surface area contributed by atoms with Crippen molar-refractivity contribution in [1.29, 1.82) is 0 Å². The van der Waals surface area contributed by atoms with E-state index < -0.39 is 9.84 Å². The van der Waals surface area contributed by atoms with Crippen molar-refractivity contribution < 1.29 is 8.42 Å². The van der Waals surface area contributed by atoms with Crippen LogP contribution in [0.25, 0.3) is 11.3 Å². The average molecular weight is 376 g/mol. The highest BCUT2D eigenvalue weighted by atomic mass is 35.5. The minimum Gasteiger partial charge on any atom is -0.355 e. The molecule has 3 aromatic rings. The predicted octanol–water partition coefficient (Wildman–Crippen LogP) is 4.28. The third-order valence-electron chi connectivity index (χ3n) is 3.83. The van der Waals surface area contributed by atoms with E-state index in [9.17, 15) is 8.42 Å². The summed E-state index contributed by atoms with van der Waals surface area (Å²) >= 11 is 5.92. The molecule has 0 radical (unpaired) electrons. The Balaban J connectivity index is 2.09. The Morgan fingerprint density at radius 1 is 1.16 bits per heavy atom. The summed E-state index contributed by atoms with van der Waals surface area (Å²) in [6.45, 7) is 1.63. The lowest BCUT2D eigenvalue weighted by Crippen LogP contribution is -2.04. The van der Waals surface area contributed by atoms with Crippen LogP contribution < -0.4 is 5.32 Å². The maximum Gasteiger partial charge on any atom is 0.178 e. The highest BCUT2D eigenvalue weighted by Crippen LogP contribution is 2.32. The molecule has 0 atom stereocenters. The second-order valence-corrected chi connectivity index (χ2v) is 8.38. The van der Waals surface area contributed by atoms with Crippen LogP contribution in [0.2, 0.25) is 5.02 Å². The van der Waals surface area contributed by atoms with Crippen LogP contribution in [0.15, 0.2) is 59.9 Å². The Morgan fingerprint density at radius 3 is 2.48 bits per heavy atom. The van der Waals surface area contributed by atoms with E-state index in [2.05, 4.69) is 10.3 Å². The Labute approximate surface area is 152 Å². The average Bonchev–Trinajstić information content (AvgIpc) is 3.03. The first kappa shape index (κ1) is 17.5. The largest absolute Gasteiger partial charge is 0.355 e. The molecule has 1 aromatic heterocycles. The van der Waals surface area contributed by atoms with Gasteiger partial charge in [-0.1, -0.05) is 18.5 Å². The van der Waals surface area contributed by atoms with Gasteiger partial charge in [0.1, 0.15) is 0 Å². The zero-order chi connectivity index (χ0) is 18.0. The normalized spacial score (nSPS) is 11.5. The number of rotatable bonds is 5. The van der Waals surface area contributed by atoms with Gasteiger partial charge < -0.3 is 9.88 Å². The fraction of sp³-hybridized carbons (Fsp3) is 0.167. The molecule has 0 unspecified atom stereocenters. The van der Waals surface area contributed by atoms with E-state index in [0.29, 0.717) is 10.7 Å². The number of halogens is 1. The fourth-order valence-electron chi connectivity index (χ4n) is 2.45. The van der Waals surface area contributed by atoms with Crippen molar-refractivity contribution in [3.05, 3.63) is 60.0 Å². The van der Waals surface area contributed by atoms with Crippen molar-refractivity contribution in [3.63, 3.8) is 0 Å². The van der Waals surface area contributed by atoms with Crippen LogP contribution in [0.4, 0.5) is 11.4 Å². The molecule has 3 rings (SSSR count). The van der Waals surface area contributed by atoms with E-state index >= 15 is 0 Å². The van der Waals surface area contributed by atoms with Crippen molar-refractivity contribution in [1.82, 2.24) is 9.55 Å². The molecule has 0 saturated heterocycles. The van der Waals surface area contributed by atoms with Gasteiger partial charge in [-0.15, -0.1) is 0 Å². The molecule has 0 saturated carbocycles. The van der Waals surface area contributed by atoms with Crippen LogP contribution in [0.5, 0.6) is 0 Å². The number of anilines is 2. The Bertz CT molecular complexity index is 995. The van der Waals surface area contributed by atoms with Gasteiger partial charge in [0.15, 0.2) is 9.84 Å². The first-order valence-corrected chi connectivity index (χ1v) is 9.80. The number of benzene rings is 2. The number of hydrogen-bond acceptors (Lipinski definition) is 4. The quantitative estimate of drug-likeness (QED) is 0.723. The van der Waals surface area contributed by atoms with E-state index in [-0.39, 0.29) is 10.6 Å². The summed E-state index contributed by atoms with van der Waals surface area (Å²) in [5.41, 5.74) is 3.06. The molecule has 7 heteroatoms. The van der Waals surface area contributed by atoms with Crippen molar-refractivity contribution in [2.75, 3.05) is 11.1 Å². The number of sulfone groups is 1. The molecule has 1 heterocycles. The first-order valence-electron chi connectivity index (χ1n) is 7.77. The molecule has 0 amide bonds. The van der Waals surface area contributed by atoms with Crippen LogP contribution in [0.3, 0.4) is 0 Å². The van der Waals surface area contributed by atoms with Crippen LogP contribution in [-0.4, -0.2) is 23.7 Å². The maximum absolute atomic E-state index is 12.2. The van der Waals surface area contributed by atoms with Crippen molar-refractivity contribution >= 4 is 32.8 Å². The van der Waals surface area contributed by atoms with E-state index in [1.807, 2.05) is 29.9 Å². The molecule has 0 aliphatic carbocycles.